The summed E-state index contributed by atoms with van der Waals surface area (Å²) in [6.45, 7) is 12.1. The Bertz CT molecular complexity index is 407. The summed E-state index contributed by atoms with van der Waals surface area (Å²) in [4.78, 5) is 2.27. The van der Waals surface area contributed by atoms with Crippen molar-refractivity contribution in [2.24, 2.45) is 5.92 Å². The molecule has 1 N–H and O–H groups in total. The Morgan fingerprint density at radius 3 is 2.80 bits per heavy atom. The van der Waals surface area contributed by atoms with Crippen molar-refractivity contribution >= 4 is 5.82 Å². The number of hydrogen-bond acceptors (Lipinski definition) is 5. The molecule has 2 unspecified atom stereocenters. The second kappa shape index (κ2) is 6.99. The summed E-state index contributed by atoms with van der Waals surface area (Å²) in [5, 5.41) is 12.1. The van der Waals surface area contributed by atoms with Crippen LogP contribution in [0.25, 0.3) is 0 Å². The molecule has 2 heterocycles. The predicted molar refractivity (Wildman–Crippen MR) is 80.8 cm³/mol. The van der Waals surface area contributed by atoms with Gasteiger partial charge in [0.2, 0.25) is 0 Å². The van der Waals surface area contributed by atoms with E-state index in [1.165, 1.54) is 0 Å². The van der Waals surface area contributed by atoms with Gasteiger partial charge in [-0.1, -0.05) is 13.8 Å². The fourth-order valence-corrected chi connectivity index (χ4v) is 2.31. The summed E-state index contributed by atoms with van der Waals surface area (Å²) in [6.07, 6.45) is 0.250. The van der Waals surface area contributed by atoms with Gasteiger partial charge in [-0.05, 0) is 38.4 Å². The molecule has 112 valence electrons. The van der Waals surface area contributed by atoms with E-state index in [0.29, 0.717) is 12.0 Å². The quantitative estimate of drug-likeness (QED) is 0.890. The number of nitrogens with zero attached hydrogens (tertiary/aromatic N) is 3. The van der Waals surface area contributed by atoms with E-state index in [1.807, 2.05) is 0 Å². The molecule has 1 aliphatic heterocycles. The lowest BCUT2D eigenvalue weighted by molar-refractivity contribution is 0.0340. The first-order valence-corrected chi connectivity index (χ1v) is 7.48. The number of rotatable bonds is 5. The molecule has 1 aliphatic rings. The third-order valence-corrected chi connectivity index (χ3v) is 3.47. The molecule has 20 heavy (non-hydrogen) atoms. The van der Waals surface area contributed by atoms with Crippen molar-refractivity contribution in [1.82, 2.24) is 15.5 Å². The molecule has 0 aliphatic carbocycles. The monoisotopic (exact) mass is 278 g/mol. The maximum atomic E-state index is 5.64. The van der Waals surface area contributed by atoms with E-state index in [4.69, 9.17) is 4.74 Å². The van der Waals surface area contributed by atoms with Gasteiger partial charge >= 0.3 is 0 Å². The summed E-state index contributed by atoms with van der Waals surface area (Å²) >= 11 is 0. The zero-order valence-corrected chi connectivity index (χ0v) is 13.0. The number of aromatic nitrogens is 2. The molecule has 0 bridgehead atoms. The number of hydrogen-bond donors (Lipinski definition) is 1. The van der Waals surface area contributed by atoms with Crippen LogP contribution < -0.4 is 10.2 Å². The van der Waals surface area contributed by atoms with E-state index >= 15 is 0 Å². The molecule has 1 aromatic heterocycles. The normalized spacial score (nSPS) is 23.4. The van der Waals surface area contributed by atoms with Gasteiger partial charge in [-0.3, -0.25) is 0 Å². The minimum atomic E-state index is 0.250. The smallest absolute Gasteiger partial charge is 0.151 e. The van der Waals surface area contributed by atoms with Gasteiger partial charge in [0.15, 0.2) is 5.82 Å². The molecule has 5 nitrogen and oxygen atoms in total. The molecule has 0 radical (unpaired) electrons. The van der Waals surface area contributed by atoms with Crippen molar-refractivity contribution in [3.05, 3.63) is 17.8 Å². The van der Waals surface area contributed by atoms with Crippen LogP contribution in [-0.4, -0.2) is 42.0 Å². The Morgan fingerprint density at radius 1 is 1.35 bits per heavy atom. The average Bonchev–Trinajstić information content (AvgIpc) is 2.42. The SMILES string of the molecule is CC(C)CNCc1ccc(N2CC(C)OCC2C)nn1. The Kier molecular flexibility index (Phi) is 5.31. The van der Waals surface area contributed by atoms with Crippen molar-refractivity contribution in [2.75, 3.05) is 24.6 Å². The summed E-state index contributed by atoms with van der Waals surface area (Å²) in [5.74, 6) is 1.60. The third-order valence-electron chi connectivity index (χ3n) is 3.47. The van der Waals surface area contributed by atoms with Crippen LogP contribution in [0.3, 0.4) is 0 Å². The highest BCUT2D eigenvalue weighted by Crippen LogP contribution is 2.18. The Morgan fingerprint density at radius 2 is 2.15 bits per heavy atom. The van der Waals surface area contributed by atoms with Crippen LogP contribution in [0.4, 0.5) is 5.82 Å². The van der Waals surface area contributed by atoms with Crippen LogP contribution in [0, 0.1) is 5.92 Å². The lowest BCUT2D eigenvalue weighted by atomic mass is 10.2. The van der Waals surface area contributed by atoms with Crippen molar-refractivity contribution in [3.8, 4) is 0 Å². The van der Waals surface area contributed by atoms with Gasteiger partial charge in [0.05, 0.1) is 24.4 Å². The Labute approximate surface area is 121 Å². The highest BCUT2D eigenvalue weighted by Gasteiger charge is 2.24. The first-order valence-electron chi connectivity index (χ1n) is 7.48. The molecule has 1 saturated heterocycles. The molecule has 0 aromatic carbocycles. The maximum Gasteiger partial charge on any atom is 0.151 e. The molecule has 0 amide bonds. The Balaban J connectivity index is 1.93. The lowest BCUT2D eigenvalue weighted by Gasteiger charge is -2.37. The summed E-state index contributed by atoms with van der Waals surface area (Å²) < 4.78 is 5.64. The van der Waals surface area contributed by atoms with Crippen molar-refractivity contribution in [2.45, 2.75) is 46.4 Å². The van der Waals surface area contributed by atoms with E-state index in [-0.39, 0.29) is 6.10 Å². The highest BCUT2D eigenvalue weighted by atomic mass is 16.5. The first-order chi connectivity index (χ1) is 9.56. The predicted octanol–water partition coefficient (Wildman–Crippen LogP) is 1.84. The average molecular weight is 278 g/mol. The summed E-state index contributed by atoms with van der Waals surface area (Å²) in [5.41, 5.74) is 0.989. The number of morpholine rings is 1. The highest BCUT2D eigenvalue weighted by molar-refractivity contribution is 5.39. The number of nitrogens with one attached hydrogen (secondary N) is 1. The van der Waals surface area contributed by atoms with Gasteiger partial charge in [0.1, 0.15) is 0 Å². The van der Waals surface area contributed by atoms with E-state index < -0.39 is 0 Å². The molecule has 0 spiro atoms. The first kappa shape index (κ1) is 15.2. The van der Waals surface area contributed by atoms with E-state index in [2.05, 4.69) is 60.2 Å². The maximum absolute atomic E-state index is 5.64. The molecule has 2 atom stereocenters. The van der Waals surface area contributed by atoms with Gasteiger partial charge in [-0.15, -0.1) is 5.10 Å². The van der Waals surface area contributed by atoms with Crippen molar-refractivity contribution in [3.63, 3.8) is 0 Å². The second-order valence-corrected chi connectivity index (χ2v) is 6.05. The standard InChI is InChI=1S/C15H26N4O/c1-11(2)7-16-8-14-5-6-15(18-17-14)19-9-13(4)20-10-12(19)3/h5-6,11-13,16H,7-10H2,1-4H3. The summed E-state index contributed by atoms with van der Waals surface area (Å²) in [7, 11) is 0. The second-order valence-electron chi connectivity index (χ2n) is 6.05. The van der Waals surface area contributed by atoms with Crippen LogP contribution in [0.1, 0.15) is 33.4 Å². The van der Waals surface area contributed by atoms with E-state index in [0.717, 1.165) is 37.8 Å². The Hall–Kier alpha value is -1.20. The largest absolute Gasteiger partial charge is 0.375 e. The molecular formula is C15H26N4O. The number of anilines is 1. The van der Waals surface area contributed by atoms with Crippen molar-refractivity contribution < 1.29 is 4.74 Å². The van der Waals surface area contributed by atoms with Crippen LogP contribution in [0.5, 0.6) is 0 Å². The van der Waals surface area contributed by atoms with Crippen LogP contribution in [-0.2, 0) is 11.3 Å². The van der Waals surface area contributed by atoms with Gasteiger partial charge in [0, 0.05) is 13.1 Å². The lowest BCUT2D eigenvalue weighted by Crippen LogP contribution is -2.47. The zero-order valence-electron chi connectivity index (χ0n) is 13.0. The third kappa shape index (κ3) is 4.15. The van der Waals surface area contributed by atoms with Crippen LogP contribution in [0.2, 0.25) is 0 Å². The minimum absolute atomic E-state index is 0.250. The molecule has 1 fully saturated rings. The van der Waals surface area contributed by atoms with Gasteiger partial charge < -0.3 is 15.0 Å². The van der Waals surface area contributed by atoms with Crippen molar-refractivity contribution in [1.29, 1.82) is 0 Å². The van der Waals surface area contributed by atoms with Crippen LogP contribution >= 0.6 is 0 Å². The van der Waals surface area contributed by atoms with Gasteiger partial charge in [-0.2, -0.15) is 5.10 Å². The molecule has 2 rings (SSSR count). The molecular weight excluding hydrogens is 252 g/mol. The fourth-order valence-electron chi connectivity index (χ4n) is 2.31. The van der Waals surface area contributed by atoms with Gasteiger partial charge in [0.25, 0.3) is 0 Å². The summed E-state index contributed by atoms with van der Waals surface area (Å²) in [6, 6.07) is 4.47. The molecule has 0 saturated carbocycles. The van der Waals surface area contributed by atoms with Gasteiger partial charge in [-0.25, -0.2) is 0 Å². The van der Waals surface area contributed by atoms with E-state index in [1.54, 1.807) is 0 Å². The van der Waals surface area contributed by atoms with E-state index in [9.17, 15) is 0 Å². The van der Waals surface area contributed by atoms with Crippen LogP contribution in [0.15, 0.2) is 12.1 Å². The molecule has 5 heteroatoms. The fraction of sp³-hybridized carbons (Fsp3) is 0.733. The topological polar surface area (TPSA) is 50.3 Å². The zero-order chi connectivity index (χ0) is 14.5. The minimum Gasteiger partial charge on any atom is -0.375 e. The number of ether oxygens (including phenoxy) is 1. The molecule has 1 aromatic rings.